The van der Waals surface area contributed by atoms with Crippen molar-refractivity contribution >= 4 is 34.0 Å². The fourth-order valence-corrected chi connectivity index (χ4v) is 5.57. The van der Waals surface area contributed by atoms with E-state index in [0.29, 0.717) is 43.6 Å². The van der Waals surface area contributed by atoms with Crippen molar-refractivity contribution in [3.8, 4) is 0 Å². The molecule has 3 aliphatic rings. The second-order valence-corrected chi connectivity index (χ2v) is 11.0. The van der Waals surface area contributed by atoms with E-state index < -0.39 is 5.54 Å². The van der Waals surface area contributed by atoms with Crippen molar-refractivity contribution in [3.63, 3.8) is 0 Å². The Morgan fingerprint density at radius 1 is 0.974 bits per heavy atom. The monoisotopic (exact) mass is 507 g/mol. The Balaban J connectivity index is 1.18. The average Bonchev–Trinajstić information content (AvgIpc) is 3.79. The second-order valence-electron chi connectivity index (χ2n) is 11.0. The van der Waals surface area contributed by atoms with Gasteiger partial charge in [0.25, 0.3) is 11.8 Å². The van der Waals surface area contributed by atoms with Gasteiger partial charge in [-0.05, 0) is 55.7 Å². The number of nitrogens with zero attached hydrogens (tertiary/aromatic N) is 4. The van der Waals surface area contributed by atoms with Crippen molar-refractivity contribution in [2.24, 2.45) is 4.99 Å². The van der Waals surface area contributed by atoms with Crippen LogP contribution >= 0.6 is 0 Å². The van der Waals surface area contributed by atoms with E-state index in [9.17, 15) is 9.59 Å². The predicted octanol–water partition coefficient (Wildman–Crippen LogP) is 4.61. The Bertz CT molecular complexity index is 1460. The summed E-state index contributed by atoms with van der Waals surface area (Å²) < 4.78 is 0. The van der Waals surface area contributed by atoms with Gasteiger partial charge in [-0.15, -0.1) is 0 Å². The summed E-state index contributed by atoms with van der Waals surface area (Å²) in [6.07, 6.45) is 4.92. The van der Waals surface area contributed by atoms with Crippen molar-refractivity contribution in [3.05, 3.63) is 83.8 Å². The van der Waals surface area contributed by atoms with Gasteiger partial charge in [-0.2, -0.15) is 0 Å². The van der Waals surface area contributed by atoms with Crippen LogP contribution in [-0.2, 0) is 4.79 Å². The lowest BCUT2D eigenvalue weighted by Gasteiger charge is -2.47. The number of hydrogen-bond donors (Lipinski definition) is 1. The Hall–Kier alpha value is -4.00. The van der Waals surface area contributed by atoms with E-state index >= 15 is 0 Å². The number of carbonyl (C=O) groups excluding carboxylic acids is 2. The van der Waals surface area contributed by atoms with Crippen LogP contribution in [0.1, 0.15) is 60.8 Å². The third kappa shape index (κ3) is 4.69. The third-order valence-corrected chi connectivity index (χ3v) is 7.77. The van der Waals surface area contributed by atoms with Crippen LogP contribution in [-0.4, -0.2) is 64.2 Å². The molecule has 0 spiro atoms. The average molecular weight is 508 g/mol. The van der Waals surface area contributed by atoms with Gasteiger partial charge in [-0.3, -0.25) is 14.6 Å². The first-order valence-electron chi connectivity index (χ1n) is 13.5. The SMILES string of the molecule is CC1(C)CN(C(=O)c2cc3ccccc3c(C3CC3)n2)CCN1C(=O)C1=NCCC(c2ccccc2)=CN1. The molecule has 0 unspecified atom stereocenters. The Kier molecular flexibility index (Phi) is 6.22. The Morgan fingerprint density at radius 3 is 2.50 bits per heavy atom. The highest BCUT2D eigenvalue weighted by molar-refractivity contribution is 6.38. The number of amidine groups is 1. The van der Waals surface area contributed by atoms with Gasteiger partial charge in [0.15, 0.2) is 5.84 Å². The van der Waals surface area contributed by atoms with Gasteiger partial charge < -0.3 is 15.1 Å². The molecular formula is C31H33N5O2. The highest BCUT2D eigenvalue weighted by Crippen LogP contribution is 2.42. The summed E-state index contributed by atoms with van der Waals surface area (Å²) in [5, 5.41) is 5.37. The molecule has 0 atom stereocenters. The number of aromatic nitrogens is 1. The number of fused-ring (bicyclic) bond motifs is 1. The van der Waals surface area contributed by atoms with Crippen LogP contribution in [0.3, 0.4) is 0 Å². The zero-order valence-electron chi connectivity index (χ0n) is 22.0. The minimum Gasteiger partial charge on any atom is -0.342 e. The molecule has 1 aromatic heterocycles. The van der Waals surface area contributed by atoms with Crippen LogP contribution in [0.15, 0.2) is 71.9 Å². The normalized spacial score (nSPS) is 19.3. The maximum Gasteiger partial charge on any atom is 0.289 e. The molecule has 1 N–H and O–H groups in total. The van der Waals surface area contributed by atoms with Crippen molar-refractivity contribution < 1.29 is 9.59 Å². The van der Waals surface area contributed by atoms with Gasteiger partial charge >= 0.3 is 0 Å². The van der Waals surface area contributed by atoms with Crippen molar-refractivity contribution in [2.45, 2.75) is 44.6 Å². The molecule has 2 amide bonds. The number of rotatable bonds is 4. The molecule has 2 aromatic carbocycles. The summed E-state index contributed by atoms with van der Waals surface area (Å²) in [6.45, 7) is 5.90. The lowest BCUT2D eigenvalue weighted by Crippen LogP contribution is -2.64. The molecule has 3 aromatic rings. The van der Waals surface area contributed by atoms with Crippen LogP contribution in [0.5, 0.6) is 0 Å². The molecule has 38 heavy (non-hydrogen) atoms. The van der Waals surface area contributed by atoms with Gasteiger partial charge in [0.2, 0.25) is 0 Å². The minimum absolute atomic E-state index is 0.0711. The molecule has 3 heterocycles. The smallest absolute Gasteiger partial charge is 0.289 e. The van der Waals surface area contributed by atoms with E-state index in [4.69, 9.17) is 4.98 Å². The van der Waals surface area contributed by atoms with Crippen LogP contribution in [0.4, 0.5) is 0 Å². The molecule has 1 aliphatic carbocycles. The van der Waals surface area contributed by atoms with E-state index in [0.717, 1.165) is 46.9 Å². The minimum atomic E-state index is -0.552. The summed E-state index contributed by atoms with van der Waals surface area (Å²) in [5.74, 6) is 0.600. The predicted molar refractivity (Wildman–Crippen MR) is 150 cm³/mol. The first-order chi connectivity index (χ1) is 18.4. The van der Waals surface area contributed by atoms with Crippen LogP contribution in [0.2, 0.25) is 0 Å². The van der Waals surface area contributed by atoms with Crippen molar-refractivity contribution in [1.82, 2.24) is 20.1 Å². The molecule has 2 fully saturated rings. The molecule has 194 valence electrons. The van der Waals surface area contributed by atoms with E-state index in [1.807, 2.05) is 66.2 Å². The zero-order chi connectivity index (χ0) is 26.3. The number of aliphatic imine (C=N–C) groups is 1. The number of carbonyl (C=O) groups is 2. The Labute approximate surface area is 223 Å². The largest absolute Gasteiger partial charge is 0.342 e. The van der Waals surface area contributed by atoms with E-state index in [1.165, 1.54) is 0 Å². The fraction of sp³-hybridized carbons (Fsp3) is 0.355. The highest BCUT2D eigenvalue weighted by atomic mass is 16.2. The first kappa shape index (κ1) is 24.3. The van der Waals surface area contributed by atoms with Crippen molar-refractivity contribution in [1.29, 1.82) is 0 Å². The van der Waals surface area contributed by atoms with Gasteiger partial charge in [0.1, 0.15) is 5.69 Å². The molecule has 0 bridgehead atoms. The Morgan fingerprint density at radius 2 is 1.74 bits per heavy atom. The van der Waals surface area contributed by atoms with Crippen LogP contribution in [0, 0.1) is 0 Å². The molecule has 7 heteroatoms. The highest BCUT2D eigenvalue weighted by Gasteiger charge is 2.40. The summed E-state index contributed by atoms with van der Waals surface area (Å²) in [5.41, 5.74) is 3.24. The maximum absolute atomic E-state index is 13.6. The topological polar surface area (TPSA) is 77.9 Å². The first-order valence-corrected chi connectivity index (χ1v) is 13.5. The molecule has 1 saturated heterocycles. The second kappa shape index (κ2) is 9.71. The number of piperazine rings is 1. The van der Waals surface area contributed by atoms with Gasteiger partial charge in [0, 0.05) is 43.7 Å². The fourth-order valence-electron chi connectivity index (χ4n) is 5.57. The number of amides is 2. The van der Waals surface area contributed by atoms with Crippen LogP contribution in [0.25, 0.3) is 16.3 Å². The summed E-state index contributed by atoms with van der Waals surface area (Å²) >= 11 is 0. The van der Waals surface area contributed by atoms with E-state index in [2.05, 4.69) is 34.6 Å². The molecule has 7 nitrogen and oxygen atoms in total. The van der Waals surface area contributed by atoms with E-state index in [1.54, 1.807) is 0 Å². The summed E-state index contributed by atoms with van der Waals surface area (Å²) in [7, 11) is 0. The van der Waals surface area contributed by atoms with Gasteiger partial charge in [-0.1, -0.05) is 54.6 Å². The molecule has 6 rings (SSSR count). The van der Waals surface area contributed by atoms with Crippen LogP contribution < -0.4 is 5.32 Å². The number of benzene rings is 2. The lowest BCUT2D eigenvalue weighted by molar-refractivity contribution is -0.132. The summed E-state index contributed by atoms with van der Waals surface area (Å²) in [6, 6.07) is 20.2. The van der Waals surface area contributed by atoms with E-state index in [-0.39, 0.29) is 11.8 Å². The standard InChI is InChI=1S/C31H33N5O2/c1-31(2)20-35(29(37)26-18-23-10-6-7-11-25(23)27(34-26)22-12-13-22)16-17-36(31)30(38)28-32-15-14-24(19-33-28)21-8-4-3-5-9-21/h3-11,18-19,22H,12-17,20H2,1-2H3,(H,32,33). The summed E-state index contributed by atoms with van der Waals surface area (Å²) in [4.78, 5) is 40.3. The van der Waals surface area contributed by atoms with Gasteiger partial charge in [-0.25, -0.2) is 4.98 Å². The molecular weight excluding hydrogens is 474 g/mol. The molecule has 1 saturated carbocycles. The molecule has 2 aliphatic heterocycles. The van der Waals surface area contributed by atoms with Gasteiger partial charge in [0.05, 0.1) is 11.2 Å². The number of nitrogens with one attached hydrogen (secondary N) is 1. The zero-order valence-corrected chi connectivity index (χ0v) is 22.0. The number of pyridine rings is 1. The molecule has 0 radical (unpaired) electrons. The number of hydrogen-bond acceptors (Lipinski definition) is 5. The third-order valence-electron chi connectivity index (χ3n) is 7.77. The quantitative estimate of drug-likeness (QED) is 0.560. The lowest BCUT2D eigenvalue weighted by atomic mass is 9.97. The maximum atomic E-state index is 13.6. The van der Waals surface area contributed by atoms with Crippen molar-refractivity contribution in [2.75, 3.05) is 26.2 Å².